The Kier molecular flexibility index (Phi) is 5.09. The van der Waals surface area contributed by atoms with Crippen LogP contribution in [0.2, 0.25) is 0 Å². The molecule has 0 saturated carbocycles. The number of rotatable bonds is 5. The summed E-state index contributed by atoms with van der Waals surface area (Å²) in [6.45, 7) is 4.11. The van der Waals surface area contributed by atoms with Crippen LogP contribution >= 0.6 is 11.3 Å². The average Bonchev–Trinajstić information content (AvgIpc) is 3.30. The molecule has 1 aliphatic rings. The smallest absolute Gasteiger partial charge is 0.268 e. The minimum absolute atomic E-state index is 0.201. The van der Waals surface area contributed by atoms with Gasteiger partial charge in [-0.3, -0.25) is 14.2 Å². The summed E-state index contributed by atoms with van der Waals surface area (Å²) in [5.41, 5.74) is 4.00. The fourth-order valence-corrected chi connectivity index (χ4v) is 4.44. The molecule has 3 aromatic rings. The Labute approximate surface area is 167 Å². The van der Waals surface area contributed by atoms with Gasteiger partial charge in [-0.25, -0.2) is 0 Å². The van der Waals surface area contributed by atoms with E-state index in [2.05, 4.69) is 21.6 Å². The second-order valence-electron chi connectivity index (χ2n) is 7.04. The van der Waals surface area contributed by atoms with Gasteiger partial charge in [0.1, 0.15) is 15.6 Å². The molecular formula is C21H22N4O2S. The summed E-state index contributed by atoms with van der Waals surface area (Å²) < 4.78 is 1.61. The number of carbonyl (C=O) groups excluding carboxylic acids is 1. The van der Waals surface area contributed by atoms with Gasteiger partial charge in [-0.05, 0) is 61.9 Å². The summed E-state index contributed by atoms with van der Waals surface area (Å²) in [4.78, 5) is 25.9. The van der Waals surface area contributed by atoms with Crippen molar-refractivity contribution in [3.63, 3.8) is 0 Å². The highest BCUT2D eigenvalue weighted by Crippen LogP contribution is 2.27. The van der Waals surface area contributed by atoms with E-state index in [1.165, 1.54) is 22.5 Å². The van der Waals surface area contributed by atoms with Crippen molar-refractivity contribution in [3.05, 3.63) is 73.1 Å². The monoisotopic (exact) mass is 394 g/mol. The van der Waals surface area contributed by atoms with Crippen LogP contribution in [0.15, 0.2) is 35.3 Å². The van der Waals surface area contributed by atoms with E-state index < -0.39 is 0 Å². The lowest BCUT2D eigenvalue weighted by Gasteiger charge is -2.14. The van der Waals surface area contributed by atoms with E-state index in [0.717, 1.165) is 35.0 Å². The molecule has 2 aromatic heterocycles. The number of aromatic nitrogens is 3. The van der Waals surface area contributed by atoms with Crippen LogP contribution in [-0.2, 0) is 19.3 Å². The molecule has 7 heteroatoms. The lowest BCUT2D eigenvalue weighted by Crippen LogP contribution is -2.34. The predicted molar refractivity (Wildman–Crippen MR) is 109 cm³/mol. The molecule has 1 amide bonds. The van der Waals surface area contributed by atoms with Crippen molar-refractivity contribution in [3.8, 4) is 5.69 Å². The van der Waals surface area contributed by atoms with Gasteiger partial charge in [0.15, 0.2) is 0 Å². The number of pyridine rings is 1. The fraction of sp³-hybridized carbons (Fsp3) is 0.333. The van der Waals surface area contributed by atoms with Crippen LogP contribution in [0.1, 0.15) is 43.5 Å². The van der Waals surface area contributed by atoms with E-state index >= 15 is 0 Å². The van der Waals surface area contributed by atoms with Crippen LogP contribution in [0.25, 0.3) is 5.69 Å². The maximum Gasteiger partial charge on any atom is 0.268 e. The third kappa shape index (κ3) is 3.49. The standard InChI is InChI=1S/C21H22N4O2S/c1-13-10-12-25(17-8-4-6-15-5-3-7-16(15)17)21(27)19(13)20(26)22-11-9-18-24-23-14(2)28-18/h4,6,8,10,12H,3,5,7,9,11H2,1-2H3,(H,22,26). The highest BCUT2D eigenvalue weighted by atomic mass is 32.1. The first-order valence-corrected chi connectivity index (χ1v) is 10.3. The Bertz CT molecular complexity index is 1100. The maximum atomic E-state index is 13.1. The number of benzene rings is 1. The van der Waals surface area contributed by atoms with Gasteiger partial charge < -0.3 is 5.32 Å². The summed E-state index contributed by atoms with van der Waals surface area (Å²) in [7, 11) is 0. The van der Waals surface area contributed by atoms with Crippen molar-refractivity contribution >= 4 is 17.2 Å². The van der Waals surface area contributed by atoms with E-state index in [4.69, 9.17) is 0 Å². The minimum atomic E-state index is -0.342. The Morgan fingerprint density at radius 1 is 1.21 bits per heavy atom. The molecule has 0 spiro atoms. The molecule has 0 fully saturated rings. The zero-order valence-electron chi connectivity index (χ0n) is 16.0. The molecule has 4 rings (SSSR count). The summed E-state index contributed by atoms with van der Waals surface area (Å²) in [6.07, 6.45) is 5.48. The minimum Gasteiger partial charge on any atom is -0.351 e. The molecule has 0 radical (unpaired) electrons. The van der Waals surface area contributed by atoms with E-state index in [1.54, 1.807) is 17.7 Å². The molecule has 0 atom stereocenters. The number of amides is 1. The van der Waals surface area contributed by atoms with Crippen molar-refractivity contribution in [1.82, 2.24) is 20.1 Å². The van der Waals surface area contributed by atoms with Gasteiger partial charge in [0.25, 0.3) is 11.5 Å². The molecule has 28 heavy (non-hydrogen) atoms. The van der Waals surface area contributed by atoms with Crippen molar-refractivity contribution in [2.24, 2.45) is 0 Å². The third-order valence-electron chi connectivity index (χ3n) is 5.10. The molecule has 0 saturated heterocycles. The summed E-state index contributed by atoms with van der Waals surface area (Å²) in [5.74, 6) is -0.342. The van der Waals surface area contributed by atoms with Crippen molar-refractivity contribution in [1.29, 1.82) is 0 Å². The number of nitrogens with one attached hydrogen (secondary N) is 1. The quantitative estimate of drug-likeness (QED) is 0.722. The highest BCUT2D eigenvalue weighted by Gasteiger charge is 2.20. The van der Waals surface area contributed by atoms with Gasteiger partial charge in [0.2, 0.25) is 0 Å². The zero-order chi connectivity index (χ0) is 19.7. The van der Waals surface area contributed by atoms with Gasteiger partial charge in [-0.2, -0.15) is 0 Å². The Morgan fingerprint density at radius 3 is 2.86 bits per heavy atom. The van der Waals surface area contributed by atoms with Gasteiger partial charge in [0, 0.05) is 19.2 Å². The third-order valence-corrected chi connectivity index (χ3v) is 6.00. The lowest BCUT2D eigenvalue weighted by molar-refractivity contribution is 0.0951. The van der Waals surface area contributed by atoms with Crippen LogP contribution in [0, 0.1) is 13.8 Å². The predicted octanol–water partition coefficient (Wildman–Crippen LogP) is 2.77. The van der Waals surface area contributed by atoms with Crippen molar-refractivity contribution in [2.75, 3.05) is 6.54 Å². The molecule has 1 aromatic carbocycles. The number of hydrogen-bond acceptors (Lipinski definition) is 5. The summed E-state index contributed by atoms with van der Waals surface area (Å²) in [5, 5.41) is 12.7. The summed E-state index contributed by atoms with van der Waals surface area (Å²) >= 11 is 1.51. The normalized spacial score (nSPS) is 12.8. The van der Waals surface area contributed by atoms with E-state index in [0.29, 0.717) is 18.5 Å². The lowest BCUT2D eigenvalue weighted by atomic mass is 10.1. The summed E-state index contributed by atoms with van der Waals surface area (Å²) in [6, 6.07) is 7.89. The van der Waals surface area contributed by atoms with Crippen molar-refractivity contribution < 1.29 is 4.79 Å². The Morgan fingerprint density at radius 2 is 2.07 bits per heavy atom. The Balaban J connectivity index is 1.59. The first-order chi connectivity index (χ1) is 13.5. The second-order valence-corrected chi connectivity index (χ2v) is 8.30. The molecule has 1 aliphatic carbocycles. The molecule has 144 valence electrons. The molecule has 0 unspecified atom stereocenters. The number of nitrogens with zero attached hydrogens (tertiary/aromatic N) is 3. The zero-order valence-corrected chi connectivity index (χ0v) is 16.8. The van der Waals surface area contributed by atoms with Crippen LogP contribution in [-0.4, -0.2) is 27.2 Å². The van der Waals surface area contributed by atoms with Crippen molar-refractivity contribution in [2.45, 2.75) is 39.5 Å². The molecule has 2 heterocycles. The fourth-order valence-electron chi connectivity index (χ4n) is 3.73. The van der Waals surface area contributed by atoms with Crippen LogP contribution < -0.4 is 10.9 Å². The van der Waals surface area contributed by atoms with Crippen LogP contribution in [0.5, 0.6) is 0 Å². The molecule has 1 N–H and O–H groups in total. The highest BCUT2D eigenvalue weighted by molar-refractivity contribution is 7.11. The molecule has 0 bridgehead atoms. The number of hydrogen-bond donors (Lipinski definition) is 1. The Hall–Kier alpha value is -2.80. The van der Waals surface area contributed by atoms with Gasteiger partial charge in [-0.1, -0.05) is 12.1 Å². The first-order valence-electron chi connectivity index (χ1n) is 9.45. The van der Waals surface area contributed by atoms with Gasteiger partial charge in [0.05, 0.1) is 5.69 Å². The average molecular weight is 395 g/mol. The topological polar surface area (TPSA) is 76.9 Å². The van der Waals surface area contributed by atoms with Gasteiger partial charge in [-0.15, -0.1) is 21.5 Å². The number of carbonyl (C=O) groups is 1. The SMILES string of the molecule is Cc1nnc(CCNC(=O)c2c(C)ccn(-c3cccc4c3CCC4)c2=O)s1. The van der Waals surface area contributed by atoms with E-state index in [-0.39, 0.29) is 17.0 Å². The molecule has 6 nitrogen and oxygen atoms in total. The first kappa shape index (κ1) is 18.6. The van der Waals surface area contributed by atoms with Crippen LogP contribution in [0.4, 0.5) is 0 Å². The maximum absolute atomic E-state index is 13.1. The molecular weight excluding hydrogens is 372 g/mol. The number of fused-ring (bicyclic) bond motifs is 1. The van der Waals surface area contributed by atoms with Gasteiger partial charge >= 0.3 is 0 Å². The largest absolute Gasteiger partial charge is 0.351 e. The van der Waals surface area contributed by atoms with E-state index in [9.17, 15) is 9.59 Å². The van der Waals surface area contributed by atoms with E-state index in [1.807, 2.05) is 25.1 Å². The number of aryl methyl sites for hydroxylation is 3. The van der Waals surface area contributed by atoms with Crippen LogP contribution in [0.3, 0.4) is 0 Å². The second kappa shape index (κ2) is 7.67. The molecule has 0 aliphatic heterocycles.